The van der Waals surface area contributed by atoms with Crippen molar-refractivity contribution in [1.29, 1.82) is 0 Å². The number of nitrogens with one attached hydrogen (secondary N) is 2. The molecule has 1 aliphatic carbocycles. The number of aliphatic hydroxyl groups is 1. The van der Waals surface area contributed by atoms with E-state index < -0.39 is 5.41 Å². The molecule has 0 radical (unpaired) electrons. The van der Waals surface area contributed by atoms with E-state index in [1.807, 2.05) is 19.9 Å². The second-order valence-corrected chi connectivity index (χ2v) is 8.31. The van der Waals surface area contributed by atoms with Gasteiger partial charge in [0.15, 0.2) is 0 Å². The normalized spacial score (nSPS) is 26.2. The molecule has 3 N–H and O–H groups in total. The number of benzene rings is 1. The van der Waals surface area contributed by atoms with Gasteiger partial charge in [-0.1, -0.05) is 25.0 Å². The number of amides is 1. The summed E-state index contributed by atoms with van der Waals surface area (Å²) in [5.74, 6) is 0.565. The summed E-state index contributed by atoms with van der Waals surface area (Å²) >= 11 is 0. The van der Waals surface area contributed by atoms with Crippen molar-refractivity contribution in [1.82, 2.24) is 5.32 Å². The quantitative estimate of drug-likeness (QED) is 0.686. The van der Waals surface area contributed by atoms with Crippen LogP contribution in [-0.4, -0.2) is 23.7 Å². The predicted molar refractivity (Wildman–Crippen MR) is 102 cm³/mol. The molecule has 1 aromatic carbocycles. The van der Waals surface area contributed by atoms with Gasteiger partial charge in [-0.3, -0.25) is 4.79 Å². The summed E-state index contributed by atoms with van der Waals surface area (Å²) in [4.78, 5) is 12.1. The summed E-state index contributed by atoms with van der Waals surface area (Å²) in [6, 6.07) is 6.54. The SMILES string of the molecule is CC(NCCCC1CCCCC1O)c1ccc2c(c1)C(C)(C)C(=O)N2. The molecule has 3 rings (SSSR count). The molecule has 0 aromatic heterocycles. The Bertz CT molecular complexity index is 626. The van der Waals surface area contributed by atoms with Gasteiger partial charge in [-0.15, -0.1) is 0 Å². The van der Waals surface area contributed by atoms with Crippen molar-refractivity contribution in [3.8, 4) is 0 Å². The smallest absolute Gasteiger partial charge is 0.234 e. The molecule has 25 heavy (non-hydrogen) atoms. The fraction of sp³-hybridized carbons (Fsp3) is 0.667. The topological polar surface area (TPSA) is 61.4 Å². The number of aliphatic hydroxyl groups excluding tert-OH is 1. The van der Waals surface area contributed by atoms with Crippen molar-refractivity contribution in [2.45, 2.75) is 76.9 Å². The van der Waals surface area contributed by atoms with Crippen LogP contribution in [0.15, 0.2) is 18.2 Å². The molecule has 0 spiro atoms. The Labute approximate surface area is 151 Å². The number of anilines is 1. The van der Waals surface area contributed by atoms with Crippen LogP contribution in [0.2, 0.25) is 0 Å². The standard InChI is InChI=1S/C21H32N2O2/c1-14(22-12-6-8-15-7-4-5-9-19(15)24)16-10-11-18-17(13-16)21(2,3)20(25)23-18/h10-11,13-15,19,22,24H,4-9,12H2,1-3H3,(H,23,25). The van der Waals surface area contributed by atoms with Crippen molar-refractivity contribution in [3.63, 3.8) is 0 Å². The van der Waals surface area contributed by atoms with Gasteiger partial charge in [-0.05, 0) is 76.1 Å². The van der Waals surface area contributed by atoms with E-state index in [9.17, 15) is 9.90 Å². The molecular weight excluding hydrogens is 312 g/mol. The summed E-state index contributed by atoms with van der Waals surface area (Å²) in [6.07, 6.45) is 6.72. The minimum absolute atomic E-state index is 0.0753. The zero-order chi connectivity index (χ0) is 18.0. The second kappa shape index (κ2) is 7.46. The zero-order valence-corrected chi connectivity index (χ0v) is 15.8. The summed E-state index contributed by atoms with van der Waals surface area (Å²) in [6.45, 7) is 7.09. The fourth-order valence-electron chi connectivity index (χ4n) is 4.18. The summed E-state index contributed by atoms with van der Waals surface area (Å²) in [5.41, 5.74) is 2.80. The molecule has 1 fully saturated rings. The second-order valence-electron chi connectivity index (χ2n) is 8.31. The van der Waals surface area contributed by atoms with E-state index in [-0.39, 0.29) is 18.1 Å². The molecule has 0 saturated heterocycles. The van der Waals surface area contributed by atoms with Crippen molar-refractivity contribution in [2.75, 3.05) is 11.9 Å². The maximum Gasteiger partial charge on any atom is 0.234 e. The van der Waals surface area contributed by atoms with E-state index >= 15 is 0 Å². The predicted octanol–water partition coefficient (Wildman–Crippen LogP) is 3.90. The van der Waals surface area contributed by atoms with Gasteiger partial charge in [0.1, 0.15) is 0 Å². The first kappa shape index (κ1) is 18.4. The molecule has 4 nitrogen and oxygen atoms in total. The Hall–Kier alpha value is -1.39. The van der Waals surface area contributed by atoms with E-state index in [1.165, 1.54) is 24.8 Å². The Morgan fingerprint density at radius 2 is 2.08 bits per heavy atom. The van der Waals surface area contributed by atoms with Crippen molar-refractivity contribution < 1.29 is 9.90 Å². The molecule has 138 valence electrons. The highest BCUT2D eigenvalue weighted by Gasteiger charge is 2.38. The van der Waals surface area contributed by atoms with Crippen LogP contribution in [-0.2, 0) is 10.2 Å². The van der Waals surface area contributed by atoms with Crippen molar-refractivity contribution in [2.24, 2.45) is 5.92 Å². The molecule has 1 heterocycles. The molecule has 1 saturated carbocycles. The lowest BCUT2D eigenvalue weighted by Crippen LogP contribution is -2.27. The number of rotatable bonds is 6. The molecule has 3 atom stereocenters. The maximum atomic E-state index is 12.1. The summed E-state index contributed by atoms with van der Waals surface area (Å²) in [5, 5.41) is 16.6. The minimum atomic E-state index is -0.456. The molecule has 1 aromatic rings. The zero-order valence-electron chi connectivity index (χ0n) is 15.8. The van der Waals surface area contributed by atoms with Gasteiger partial charge in [-0.2, -0.15) is 0 Å². The average molecular weight is 344 g/mol. The Kier molecular flexibility index (Phi) is 5.49. The molecule has 2 aliphatic rings. The van der Waals surface area contributed by atoms with E-state index in [2.05, 4.69) is 29.7 Å². The van der Waals surface area contributed by atoms with Gasteiger partial charge in [0.2, 0.25) is 5.91 Å². The number of hydrogen-bond donors (Lipinski definition) is 3. The molecule has 0 bridgehead atoms. The van der Waals surface area contributed by atoms with Crippen LogP contribution in [0, 0.1) is 5.92 Å². The number of carbonyl (C=O) groups excluding carboxylic acids is 1. The van der Waals surface area contributed by atoms with Gasteiger partial charge >= 0.3 is 0 Å². The highest BCUT2D eigenvalue weighted by atomic mass is 16.3. The van der Waals surface area contributed by atoms with E-state index in [0.717, 1.165) is 37.1 Å². The summed E-state index contributed by atoms with van der Waals surface area (Å²) < 4.78 is 0. The lowest BCUT2D eigenvalue weighted by molar-refractivity contribution is -0.119. The first-order chi connectivity index (χ1) is 11.9. The largest absolute Gasteiger partial charge is 0.393 e. The average Bonchev–Trinajstić information content (AvgIpc) is 2.82. The Balaban J connectivity index is 1.51. The van der Waals surface area contributed by atoms with Gasteiger partial charge < -0.3 is 15.7 Å². The van der Waals surface area contributed by atoms with Crippen LogP contribution < -0.4 is 10.6 Å². The number of hydrogen-bond acceptors (Lipinski definition) is 3. The number of fused-ring (bicyclic) bond motifs is 1. The van der Waals surface area contributed by atoms with Crippen molar-refractivity contribution >= 4 is 11.6 Å². The van der Waals surface area contributed by atoms with Crippen molar-refractivity contribution in [3.05, 3.63) is 29.3 Å². The first-order valence-electron chi connectivity index (χ1n) is 9.77. The third-order valence-corrected chi connectivity index (χ3v) is 6.10. The lowest BCUT2D eigenvalue weighted by atomic mass is 9.83. The lowest BCUT2D eigenvalue weighted by Gasteiger charge is -2.27. The van der Waals surface area contributed by atoms with Gasteiger partial charge in [0.05, 0.1) is 11.5 Å². The van der Waals surface area contributed by atoms with Crippen LogP contribution >= 0.6 is 0 Å². The molecular formula is C21H32N2O2. The summed E-state index contributed by atoms with van der Waals surface area (Å²) in [7, 11) is 0. The fourth-order valence-corrected chi connectivity index (χ4v) is 4.18. The van der Waals surface area contributed by atoms with E-state index in [4.69, 9.17) is 0 Å². The maximum absolute atomic E-state index is 12.1. The molecule has 1 aliphatic heterocycles. The Morgan fingerprint density at radius 1 is 1.32 bits per heavy atom. The van der Waals surface area contributed by atoms with E-state index in [1.54, 1.807) is 0 Å². The van der Waals surface area contributed by atoms with Gasteiger partial charge in [0.25, 0.3) is 0 Å². The molecule has 3 unspecified atom stereocenters. The third kappa shape index (κ3) is 3.90. The first-order valence-corrected chi connectivity index (χ1v) is 9.77. The highest BCUT2D eigenvalue weighted by molar-refractivity contribution is 6.05. The third-order valence-electron chi connectivity index (χ3n) is 6.10. The van der Waals surface area contributed by atoms with Crippen LogP contribution in [0.5, 0.6) is 0 Å². The molecule has 4 heteroatoms. The number of carbonyl (C=O) groups is 1. The monoisotopic (exact) mass is 344 g/mol. The van der Waals surface area contributed by atoms with Crippen LogP contribution in [0.25, 0.3) is 0 Å². The van der Waals surface area contributed by atoms with Crippen LogP contribution in [0.4, 0.5) is 5.69 Å². The van der Waals surface area contributed by atoms with Crippen LogP contribution in [0.1, 0.15) is 76.5 Å². The Morgan fingerprint density at radius 3 is 2.84 bits per heavy atom. The molecule has 1 amide bonds. The van der Waals surface area contributed by atoms with Gasteiger partial charge in [-0.25, -0.2) is 0 Å². The van der Waals surface area contributed by atoms with Crippen LogP contribution in [0.3, 0.4) is 0 Å². The van der Waals surface area contributed by atoms with E-state index in [0.29, 0.717) is 5.92 Å². The highest BCUT2D eigenvalue weighted by Crippen LogP contribution is 2.38. The van der Waals surface area contributed by atoms with Gasteiger partial charge in [0, 0.05) is 11.7 Å². The minimum Gasteiger partial charge on any atom is -0.393 e.